The number of carbonyl (C=O) groups is 1. The lowest BCUT2D eigenvalue weighted by Gasteiger charge is -2.17. The van der Waals surface area contributed by atoms with Crippen LogP contribution in [-0.4, -0.2) is 11.1 Å². The Labute approximate surface area is 162 Å². The molecule has 128 valence electrons. The summed E-state index contributed by atoms with van der Waals surface area (Å²) in [5.74, 6) is -0.403. The summed E-state index contributed by atoms with van der Waals surface area (Å²) in [5, 5.41) is 17.1. The van der Waals surface area contributed by atoms with Gasteiger partial charge >= 0.3 is 5.97 Å². The van der Waals surface area contributed by atoms with Gasteiger partial charge in [-0.25, -0.2) is 4.79 Å². The predicted molar refractivity (Wildman–Crippen MR) is 107 cm³/mol. The molecule has 0 aromatic heterocycles. The van der Waals surface area contributed by atoms with Gasteiger partial charge in [-0.3, -0.25) is 5.41 Å². The quantitative estimate of drug-likeness (QED) is 0.245. The maximum absolute atomic E-state index is 11.8. The number of rotatable bonds is 2. The standard InChI is InChI=1S/C20H13IN2O3/c21-15-8-14-18(9-16(15)23)26-17-7-10(22)5-6-13(17)19(14)11-3-1-2-4-12(11)20(24)25/h1-9,23H,22H2,(H,24,25)/p+1. The monoisotopic (exact) mass is 457 g/mol. The molecule has 5 N–H and O–H groups in total. The van der Waals surface area contributed by atoms with Crippen LogP contribution in [0, 0.1) is 3.57 Å². The molecule has 6 heteroatoms. The highest BCUT2D eigenvalue weighted by Crippen LogP contribution is 2.41. The van der Waals surface area contributed by atoms with E-state index in [2.05, 4.69) is 22.6 Å². The Bertz CT molecular complexity index is 1210. The molecule has 0 atom stereocenters. The largest absolute Gasteiger partial charge is 0.478 e. The van der Waals surface area contributed by atoms with Crippen LogP contribution in [0.2, 0.25) is 0 Å². The van der Waals surface area contributed by atoms with Gasteiger partial charge in [0, 0.05) is 28.3 Å². The van der Waals surface area contributed by atoms with Crippen LogP contribution in [0.25, 0.3) is 33.4 Å². The highest BCUT2D eigenvalue weighted by Gasteiger charge is 2.22. The second-order valence-corrected chi connectivity index (χ2v) is 7.12. The minimum atomic E-state index is -0.983. The van der Waals surface area contributed by atoms with Crippen molar-refractivity contribution in [3.63, 3.8) is 0 Å². The fourth-order valence-electron chi connectivity index (χ4n) is 3.12. The number of nitrogens with two attached hydrogens (primary N) is 2. The minimum Gasteiger partial charge on any atom is -0.478 e. The van der Waals surface area contributed by atoms with Gasteiger partial charge in [-0.1, -0.05) is 18.2 Å². The van der Waals surface area contributed by atoms with Gasteiger partial charge in [-0.15, -0.1) is 0 Å². The molecule has 0 unspecified atom stereocenters. The van der Waals surface area contributed by atoms with Crippen LogP contribution in [-0.2, 0) is 0 Å². The Morgan fingerprint density at radius 3 is 2.62 bits per heavy atom. The molecule has 5 nitrogen and oxygen atoms in total. The molecule has 1 aliphatic heterocycles. The van der Waals surface area contributed by atoms with E-state index >= 15 is 0 Å². The molecule has 0 saturated carbocycles. The number of nitrogen functional groups attached to an aromatic ring is 1. The Balaban J connectivity index is 2.24. The normalized spacial score (nSPS) is 11.1. The summed E-state index contributed by atoms with van der Waals surface area (Å²) < 4.78 is 6.88. The van der Waals surface area contributed by atoms with Crippen LogP contribution in [0.1, 0.15) is 10.4 Å². The molecule has 1 aliphatic carbocycles. The van der Waals surface area contributed by atoms with Crippen molar-refractivity contribution in [3.8, 4) is 22.5 Å². The Hall–Kier alpha value is -2.87. The number of hydrogen-bond donors (Lipinski definition) is 3. The van der Waals surface area contributed by atoms with E-state index in [9.17, 15) is 9.90 Å². The average Bonchev–Trinajstić information content (AvgIpc) is 2.61. The fraction of sp³-hybridized carbons (Fsp3) is 0. The van der Waals surface area contributed by atoms with Crippen molar-refractivity contribution in [3.05, 3.63) is 69.1 Å². The SMILES string of the molecule is Nc1ccc2c(-c3ccccc3C(=O)O)c3cc(I)c(=[NH2+])cc-3oc2c1. The van der Waals surface area contributed by atoms with Crippen LogP contribution in [0.15, 0.2) is 59.0 Å². The van der Waals surface area contributed by atoms with Crippen LogP contribution in [0.5, 0.6) is 0 Å². The topological polar surface area (TPSA) is 102 Å². The van der Waals surface area contributed by atoms with Crippen molar-refractivity contribution < 1.29 is 19.7 Å². The van der Waals surface area contributed by atoms with Gasteiger partial charge < -0.3 is 15.3 Å². The molecule has 0 radical (unpaired) electrons. The minimum absolute atomic E-state index is 0.227. The van der Waals surface area contributed by atoms with Crippen molar-refractivity contribution in [1.82, 2.24) is 0 Å². The van der Waals surface area contributed by atoms with E-state index in [0.717, 1.165) is 20.1 Å². The molecule has 2 aromatic carbocycles. The fourth-order valence-corrected chi connectivity index (χ4v) is 3.59. The first-order valence-corrected chi connectivity index (χ1v) is 8.90. The van der Waals surface area contributed by atoms with Gasteiger partial charge in [-0.05, 0) is 52.4 Å². The summed E-state index contributed by atoms with van der Waals surface area (Å²) >= 11 is 2.16. The van der Waals surface area contributed by atoms with E-state index in [-0.39, 0.29) is 5.56 Å². The van der Waals surface area contributed by atoms with Crippen molar-refractivity contribution in [1.29, 1.82) is 0 Å². The second kappa shape index (κ2) is 6.14. The molecule has 26 heavy (non-hydrogen) atoms. The highest BCUT2D eigenvalue weighted by atomic mass is 127. The van der Waals surface area contributed by atoms with E-state index in [1.54, 1.807) is 36.4 Å². The number of aromatic carboxylic acids is 1. The molecule has 0 bridgehead atoms. The van der Waals surface area contributed by atoms with Crippen LogP contribution >= 0.6 is 22.6 Å². The molecule has 0 saturated heterocycles. The first-order chi connectivity index (χ1) is 12.5. The van der Waals surface area contributed by atoms with Crippen molar-refractivity contribution in [2.45, 2.75) is 0 Å². The number of carboxylic acids is 1. The molecule has 0 spiro atoms. The zero-order chi connectivity index (χ0) is 18.4. The van der Waals surface area contributed by atoms with Gasteiger partial charge in [0.05, 0.1) is 15.2 Å². The molecule has 2 aromatic rings. The second-order valence-electron chi connectivity index (χ2n) is 5.95. The maximum Gasteiger partial charge on any atom is 0.336 e. The van der Waals surface area contributed by atoms with Gasteiger partial charge in [0.1, 0.15) is 11.3 Å². The lowest BCUT2D eigenvalue weighted by molar-refractivity contribution is -0.173. The first-order valence-electron chi connectivity index (χ1n) is 7.82. The zero-order valence-corrected chi connectivity index (χ0v) is 15.7. The lowest BCUT2D eigenvalue weighted by atomic mass is 9.91. The van der Waals surface area contributed by atoms with E-state index in [1.165, 1.54) is 0 Å². The molecule has 0 fully saturated rings. The molecule has 0 amide bonds. The Morgan fingerprint density at radius 1 is 1.08 bits per heavy atom. The van der Waals surface area contributed by atoms with Crippen LogP contribution < -0.4 is 16.5 Å². The number of halogens is 1. The van der Waals surface area contributed by atoms with Gasteiger partial charge in [0.15, 0.2) is 0 Å². The number of benzene rings is 3. The maximum atomic E-state index is 11.8. The zero-order valence-electron chi connectivity index (χ0n) is 13.5. The average molecular weight is 457 g/mol. The summed E-state index contributed by atoms with van der Waals surface area (Å²) in [6.45, 7) is 0. The summed E-state index contributed by atoms with van der Waals surface area (Å²) in [6.07, 6.45) is 0. The van der Waals surface area contributed by atoms with Crippen LogP contribution in [0.4, 0.5) is 5.69 Å². The highest BCUT2D eigenvalue weighted by molar-refractivity contribution is 14.1. The van der Waals surface area contributed by atoms with Crippen molar-refractivity contribution in [2.24, 2.45) is 0 Å². The van der Waals surface area contributed by atoms with E-state index in [4.69, 9.17) is 15.6 Å². The third kappa shape index (κ3) is 2.62. The van der Waals surface area contributed by atoms with Gasteiger partial charge in [0.25, 0.3) is 0 Å². The summed E-state index contributed by atoms with van der Waals surface area (Å²) in [7, 11) is 0. The summed E-state index contributed by atoms with van der Waals surface area (Å²) in [6, 6.07) is 16.0. The Morgan fingerprint density at radius 2 is 1.85 bits per heavy atom. The van der Waals surface area contributed by atoms with E-state index < -0.39 is 5.97 Å². The third-order valence-corrected chi connectivity index (χ3v) is 5.22. The number of carboxylic acid groups (broad SMARTS) is 1. The summed E-state index contributed by atoms with van der Waals surface area (Å²) in [5.41, 5.74) is 9.49. The Kier molecular flexibility index (Phi) is 3.91. The van der Waals surface area contributed by atoms with Crippen molar-refractivity contribution in [2.75, 3.05) is 5.73 Å². The number of fused-ring (bicyclic) bond motifs is 2. The smallest absolute Gasteiger partial charge is 0.336 e. The van der Waals surface area contributed by atoms with Crippen LogP contribution in [0.3, 0.4) is 0 Å². The van der Waals surface area contributed by atoms with Gasteiger partial charge in [-0.2, -0.15) is 0 Å². The lowest BCUT2D eigenvalue weighted by Crippen LogP contribution is -2.46. The first kappa shape index (κ1) is 16.6. The molecule has 4 rings (SSSR count). The van der Waals surface area contributed by atoms with Crippen molar-refractivity contribution >= 4 is 45.2 Å². The predicted octanol–water partition coefficient (Wildman–Crippen LogP) is 2.75. The van der Waals surface area contributed by atoms with E-state index in [0.29, 0.717) is 28.0 Å². The van der Waals surface area contributed by atoms with Gasteiger partial charge in [0.2, 0.25) is 5.36 Å². The molecular weight excluding hydrogens is 443 g/mol. The van der Waals surface area contributed by atoms with E-state index in [1.807, 2.05) is 18.2 Å². The molecule has 1 heterocycles. The molecule has 2 aliphatic rings. The number of anilines is 1. The number of hydrogen-bond acceptors (Lipinski definition) is 3. The molecular formula is C20H14IN2O3+. The third-order valence-electron chi connectivity index (χ3n) is 4.29. The summed E-state index contributed by atoms with van der Waals surface area (Å²) in [4.78, 5) is 11.8.